The van der Waals surface area contributed by atoms with Gasteiger partial charge < -0.3 is 14.6 Å². The van der Waals surface area contributed by atoms with Gasteiger partial charge in [0.1, 0.15) is 5.75 Å². The summed E-state index contributed by atoms with van der Waals surface area (Å²) in [6.07, 6.45) is 1.68. The Morgan fingerprint density at radius 3 is 2.41 bits per heavy atom. The third kappa shape index (κ3) is 4.02. The normalized spacial score (nSPS) is 14.7. The van der Waals surface area contributed by atoms with Gasteiger partial charge in [-0.1, -0.05) is 0 Å². The minimum atomic E-state index is -3.92. The maximum atomic E-state index is 12.6. The fourth-order valence-electron chi connectivity index (χ4n) is 3.75. The van der Waals surface area contributed by atoms with E-state index in [9.17, 15) is 22.0 Å². The number of sulfonamides is 1. The number of anilines is 1. The van der Waals surface area contributed by atoms with E-state index in [4.69, 9.17) is 5.14 Å². The van der Waals surface area contributed by atoms with Crippen LogP contribution in [0.25, 0.3) is 17.3 Å². The Bertz CT molecular complexity index is 1360. The highest BCUT2D eigenvalue weighted by atomic mass is 32.2. The molecule has 32 heavy (non-hydrogen) atoms. The molecule has 1 aromatic heterocycles. The van der Waals surface area contributed by atoms with Crippen molar-refractivity contribution in [3.63, 3.8) is 0 Å². The summed E-state index contributed by atoms with van der Waals surface area (Å²) in [5, 5.41) is 7.94. The van der Waals surface area contributed by atoms with Crippen LogP contribution in [-0.4, -0.2) is 25.5 Å². The summed E-state index contributed by atoms with van der Waals surface area (Å²) in [5.74, 6) is -0.302. The second-order valence-corrected chi connectivity index (χ2v) is 8.86. The van der Waals surface area contributed by atoms with Gasteiger partial charge in [-0.3, -0.25) is 4.79 Å². The van der Waals surface area contributed by atoms with E-state index in [0.29, 0.717) is 16.8 Å². The topological polar surface area (TPSA) is 103 Å². The van der Waals surface area contributed by atoms with Crippen LogP contribution < -0.4 is 15.2 Å². The number of alkyl halides is 2. The van der Waals surface area contributed by atoms with Crippen LogP contribution in [0, 0.1) is 13.8 Å². The van der Waals surface area contributed by atoms with Crippen molar-refractivity contribution in [3.8, 4) is 11.4 Å². The number of aromatic nitrogens is 1. The number of rotatable bonds is 5. The molecular formula is C22H19F2N3O4S. The summed E-state index contributed by atoms with van der Waals surface area (Å²) in [7, 11) is -3.92. The minimum absolute atomic E-state index is 0.0541. The maximum Gasteiger partial charge on any atom is 0.387 e. The van der Waals surface area contributed by atoms with E-state index in [-0.39, 0.29) is 16.6 Å². The largest absolute Gasteiger partial charge is 0.435 e. The van der Waals surface area contributed by atoms with Gasteiger partial charge in [-0.25, -0.2) is 13.6 Å². The monoisotopic (exact) mass is 459 g/mol. The molecule has 3 N–H and O–H groups in total. The number of aryl methyl sites for hydroxylation is 1. The lowest BCUT2D eigenvalue weighted by atomic mass is 10.0. The standard InChI is InChI=1S/C22H19F2N3O4S/c1-12-9-14(13(2)27(12)15-3-5-16(6-4-15)31-22(23)24)10-19-18-11-17(32(25,29)30)7-8-20(18)26-21(19)28/h3-11,22H,1-2H3,(H,26,28)(H2,25,29,30). The van der Waals surface area contributed by atoms with Gasteiger partial charge >= 0.3 is 6.61 Å². The minimum Gasteiger partial charge on any atom is -0.435 e. The molecule has 0 bridgehead atoms. The third-order valence-electron chi connectivity index (χ3n) is 5.19. The second-order valence-electron chi connectivity index (χ2n) is 7.30. The van der Waals surface area contributed by atoms with Gasteiger partial charge in [0.2, 0.25) is 10.0 Å². The van der Waals surface area contributed by atoms with Crippen LogP contribution >= 0.6 is 0 Å². The summed E-state index contributed by atoms with van der Waals surface area (Å²) >= 11 is 0. The van der Waals surface area contributed by atoms with Crippen molar-refractivity contribution in [1.29, 1.82) is 0 Å². The van der Waals surface area contributed by atoms with Crippen LogP contribution in [0.2, 0.25) is 0 Å². The Balaban J connectivity index is 1.75. The SMILES string of the molecule is Cc1cc(C=C2C(=O)Nc3ccc(S(N)(=O)=O)cc32)c(C)n1-c1ccc(OC(F)F)cc1. The molecule has 7 nitrogen and oxygen atoms in total. The first-order valence-corrected chi connectivity index (χ1v) is 11.0. The van der Waals surface area contributed by atoms with E-state index in [1.54, 1.807) is 18.2 Å². The van der Waals surface area contributed by atoms with Crippen molar-refractivity contribution >= 4 is 33.3 Å². The highest BCUT2D eigenvalue weighted by Crippen LogP contribution is 2.35. The fourth-order valence-corrected chi connectivity index (χ4v) is 4.29. The predicted molar refractivity (Wildman–Crippen MR) is 116 cm³/mol. The van der Waals surface area contributed by atoms with E-state index in [0.717, 1.165) is 22.6 Å². The van der Waals surface area contributed by atoms with E-state index >= 15 is 0 Å². The number of fused-ring (bicyclic) bond motifs is 1. The number of primary sulfonamides is 1. The molecule has 0 aliphatic carbocycles. The van der Waals surface area contributed by atoms with Crippen molar-refractivity contribution in [2.75, 3.05) is 5.32 Å². The molecule has 0 saturated heterocycles. The van der Waals surface area contributed by atoms with Gasteiger partial charge in [0.25, 0.3) is 5.91 Å². The molecule has 2 heterocycles. The average Bonchev–Trinajstić information content (AvgIpc) is 3.17. The van der Waals surface area contributed by atoms with E-state index in [1.807, 2.05) is 24.5 Å². The van der Waals surface area contributed by atoms with Crippen LogP contribution in [0.3, 0.4) is 0 Å². The third-order valence-corrected chi connectivity index (χ3v) is 6.10. The van der Waals surface area contributed by atoms with Crippen molar-refractivity contribution in [3.05, 3.63) is 71.0 Å². The summed E-state index contributed by atoms with van der Waals surface area (Å²) in [6, 6.07) is 12.3. The van der Waals surface area contributed by atoms with Crippen molar-refractivity contribution < 1.29 is 26.7 Å². The fraction of sp³-hybridized carbons (Fsp3) is 0.136. The first-order valence-electron chi connectivity index (χ1n) is 9.49. The number of benzene rings is 2. The number of ether oxygens (including phenoxy) is 1. The Morgan fingerprint density at radius 1 is 1.09 bits per heavy atom. The lowest BCUT2D eigenvalue weighted by Crippen LogP contribution is -2.12. The highest BCUT2D eigenvalue weighted by Gasteiger charge is 2.26. The van der Waals surface area contributed by atoms with Gasteiger partial charge in [0.05, 0.1) is 4.90 Å². The Kier molecular flexibility index (Phi) is 5.35. The number of carbonyl (C=O) groups excluding carboxylic acids is 1. The zero-order valence-corrected chi connectivity index (χ0v) is 17.9. The molecule has 10 heteroatoms. The molecule has 2 aromatic carbocycles. The number of nitrogens with zero attached hydrogens (tertiary/aromatic N) is 1. The first kappa shape index (κ1) is 21.7. The first-order chi connectivity index (χ1) is 15.0. The van der Waals surface area contributed by atoms with E-state index in [2.05, 4.69) is 10.1 Å². The summed E-state index contributed by atoms with van der Waals surface area (Å²) in [5.41, 5.74) is 4.40. The van der Waals surface area contributed by atoms with Crippen LogP contribution in [0.5, 0.6) is 5.75 Å². The van der Waals surface area contributed by atoms with Gasteiger partial charge in [-0.05, 0) is 74.0 Å². The molecule has 1 aliphatic rings. The van der Waals surface area contributed by atoms with Crippen LogP contribution in [0.4, 0.5) is 14.5 Å². The summed E-state index contributed by atoms with van der Waals surface area (Å²) in [6.45, 7) is 0.835. The van der Waals surface area contributed by atoms with Gasteiger partial charge in [0, 0.05) is 33.9 Å². The number of nitrogens with two attached hydrogens (primary N) is 1. The van der Waals surface area contributed by atoms with E-state index in [1.165, 1.54) is 30.3 Å². The molecule has 0 unspecified atom stereocenters. The second kappa shape index (κ2) is 7.88. The molecule has 0 atom stereocenters. The Labute approximate surface area is 183 Å². The molecule has 0 spiro atoms. The Hall–Kier alpha value is -3.50. The van der Waals surface area contributed by atoms with Crippen molar-refractivity contribution in [1.82, 2.24) is 4.57 Å². The molecule has 166 valence electrons. The smallest absolute Gasteiger partial charge is 0.387 e. The summed E-state index contributed by atoms with van der Waals surface area (Å²) < 4.78 is 54.5. The summed E-state index contributed by atoms with van der Waals surface area (Å²) in [4.78, 5) is 12.5. The molecule has 0 fully saturated rings. The van der Waals surface area contributed by atoms with Crippen LogP contribution in [0.1, 0.15) is 22.5 Å². The quantitative estimate of drug-likeness (QED) is 0.566. The number of carbonyl (C=O) groups is 1. The van der Waals surface area contributed by atoms with Crippen LogP contribution in [0.15, 0.2) is 53.4 Å². The number of amides is 1. The zero-order valence-electron chi connectivity index (χ0n) is 17.1. The lowest BCUT2D eigenvalue weighted by molar-refractivity contribution is -0.110. The zero-order chi connectivity index (χ0) is 23.2. The Morgan fingerprint density at radius 2 is 1.78 bits per heavy atom. The molecule has 0 saturated carbocycles. The molecular weight excluding hydrogens is 440 g/mol. The average molecular weight is 459 g/mol. The van der Waals surface area contributed by atoms with Crippen LogP contribution in [-0.2, 0) is 14.8 Å². The van der Waals surface area contributed by atoms with Crippen molar-refractivity contribution in [2.24, 2.45) is 5.14 Å². The maximum absolute atomic E-state index is 12.6. The number of halogens is 2. The number of hydrogen-bond donors (Lipinski definition) is 2. The highest BCUT2D eigenvalue weighted by molar-refractivity contribution is 7.89. The predicted octanol–water partition coefficient (Wildman–Crippen LogP) is 3.84. The van der Waals surface area contributed by atoms with Gasteiger partial charge in [0.15, 0.2) is 0 Å². The molecule has 0 radical (unpaired) electrons. The van der Waals surface area contributed by atoms with Gasteiger partial charge in [-0.2, -0.15) is 8.78 Å². The van der Waals surface area contributed by atoms with E-state index < -0.39 is 16.6 Å². The molecule has 1 amide bonds. The number of nitrogens with one attached hydrogen (secondary N) is 1. The lowest BCUT2D eigenvalue weighted by Gasteiger charge is -2.11. The molecule has 1 aliphatic heterocycles. The molecule has 4 rings (SSSR count). The van der Waals surface area contributed by atoms with Crippen molar-refractivity contribution in [2.45, 2.75) is 25.4 Å². The molecule has 3 aromatic rings. The number of hydrogen-bond acceptors (Lipinski definition) is 4. The van der Waals surface area contributed by atoms with Gasteiger partial charge in [-0.15, -0.1) is 0 Å².